The maximum atomic E-state index is 13.0. The Morgan fingerprint density at radius 1 is 1.21 bits per heavy atom. The van der Waals surface area contributed by atoms with Gasteiger partial charge < -0.3 is 9.84 Å². The number of aromatic nitrogens is 1. The first kappa shape index (κ1) is 12.9. The summed E-state index contributed by atoms with van der Waals surface area (Å²) in [5.74, 6) is -5.10. The van der Waals surface area contributed by atoms with E-state index in [1.807, 2.05) is 0 Å². The molecule has 0 radical (unpaired) electrons. The zero-order chi connectivity index (χ0) is 14.0. The first-order valence-corrected chi connectivity index (χ1v) is 4.99. The van der Waals surface area contributed by atoms with Crippen molar-refractivity contribution >= 4 is 5.97 Å². The van der Waals surface area contributed by atoms with Crippen LogP contribution >= 0.6 is 0 Å². The lowest BCUT2D eigenvalue weighted by Crippen LogP contribution is -2.03. The fourth-order valence-corrected chi connectivity index (χ4v) is 1.31. The first-order chi connectivity index (χ1) is 8.97. The molecule has 0 amide bonds. The van der Waals surface area contributed by atoms with E-state index in [9.17, 15) is 18.0 Å². The quantitative estimate of drug-likeness (QED) is 0.932. The zero-order valence-corrected chi connectivity index (χ0v) is 9.23. The molecule has 0 aliphatic rings. The third-order valence-electron chi connectivity index (χ3n) is 2.15. The Labute approximate surface area is 105 Å². The number of hydrogen-bond acceptors (Lipinski definition) is 3. The van der Waals surface area contributed by atoms with Crippen LogP contribution in [0.5, 0.6) is 11.6 Å². The topological polar surface area (TPSA) is 59.4 Å². The Hall–Kier alpha value is -2.57. The standard InChI is InChI=1S/C12H6F3NO3/c13-6-3-8(12(17)18)11(16-5-6)19-7-1-2-9(14)10(15)4-7/h1-5H,(H,17,18)/i11+2. The summed E-state index contributed by atoms with van der Waals surface area (Å²) in [6.07, 6.45) is 0.752. The Morgan fingerprint density at radius 2 is 1.95 bits per heavy atom. The highest BCUT2D eigenvalue weighted by Gasteiger charge is 2.15. The fraction of sp³-hybridized carbons (Fsp3) is 0. The summed E-state index contributed by atoms with van der Waals surface area (Å²) in [5, 5.41) is 8.85. The van der Waals surface area contributed by atoms with Crippen molar-refractivity contribution in [1.29, 1.82) is 0 Å². The molecule has 1 heterocycles. The van der Waals surface area contributed by atoms with Gasteiger partial charge in [-0.1, -0.05) is 0 Å². The molecule has 0 aliphatic carbocycles. The maximum Gasteiger partial charge on any atom is 0.341 e. The molecule has 7 heteroatoms. The second-order valence-electron chi connectivity index (χ2n) is 3.49. The van der Waals surface area contributed by atoms with Crippen LogP contribution in [0.1, 0.15) is 10.4 Å². The van der Waals surface area contributed by atoms with Crippen molar-refractivity contribution in [2.24, 2.45) is 0 Å². The van der Waals surface area contributed by atoms with E-state index in [0.29, 0.717) is 6.07 Å². The molecule has 2 aromatic rings. The van der Waals surface area contributed by atoms with E-state index < -0.39 is 34.9 Å². The van der Waals surface area contributed by atoms with Crippen molar-refractivity contribution in [2.45, 2.75) is 0 Å². The molecule has 19 heavy (non-hydrogen) atoms. The number of pyridine rings is 1. The molecule has 0 spiro atoms. The van der Waals surface area contributed by atoms with E-state index in [0.717, 1.165) is 24.4 Å². The SMILES string of the molecule is O=C(O)c1cc(F)cn[14c]1Oc1ccc(F)c(F)c1. The van der Waals surface area contributed by atoms with Crippen molar-refractivity contribution in [2.75, 3.05) is 0 Å². The lowest BCUT2D eigenvalue weighted by atomic mass is 10.3. The molecule has 2 rings (SSSR count). The lowest BCUT2D eigenvalue weighted by molar-refractivity contribution is 0.0692. The minimum absolute atomic E-state index is 0.152. The van der Waals surface area contributed by atoms with Gasteiger partial charge in [0.05, 0.1) is 6.20 Å². The molecule has 1 N–H and O–H groups in total. The van der Waals surface area contributed by atoms with Crippen LogP contribution in [0.15, 0.2) is 30.5 Å². The van der Waals surface area contributed by atoms with Crippen LogP contribution in [-0.4, -0.2) is 16.1 Å². The number of halogens is 3. The van der Waals surface area contributed by atoms with E-state index >= 15 is 0 Å². The van der Waals surface area contributed by atoms with Crippen molar-refractivity contribution in [1.82, 2.24) is 4.98 Å². The third kappa shape index (κ3) is 2.82. The second-order valence-corrected chi connectivity index (χ2v) is 3.49. The highest BCUT2D eigenvalue weighted by molar-refractivity contribution is 5.90. The summed E-state index contributed by atoms with van der Waals surface area (Å²) in [5.41, 5.74) is -0.523. The van der Waals surface area contributed by atoms with Crippen LogP contribution < -0.4 is 4.74 Å². The normalized spacial score (nSPS) is 10.3. The molecule has 0 aliphatic heterocycles. The second kappa shape index (κ2) is 4.97. The summed E-state index contributed by atoms with van der Waals surface area (Å²) in [4.78, 5) is 14.3. The molecule has 0 saturated heterocycles. The number of aromatic carboxylic acids is 1. The number of hydrogen-bond donors (Lipinski definition) is 1. The van der Waals surface area contributed by atoms with Crippen molar-refractivity contribution in [3.05, 3.63) is 53.5 Å². The van der Waals surface area contributed by atoms with Crippen LogP contribution in [0.2, 0.25) is 0 Å². The van der Waals surface area contributed by atoms with Crippen LogP contribution in [0.3, 0.4) is 0 Å². The van der Waals surface area contributed by atoms with Gasteiger partial charge in [-0.2, -0.15) is 0 Å². The molecule has 0 bridgehead atoms. The van der Waals surface area contributed by atoms with Gasteiger partial charge >= 0.3 is 5.97 Å². The minimum atomic E-state index is -1.45. The Morgan fingerprint density at radius 3 is 2.58 bits per heavy atom. The molecule has 98 valence electrons. The van der Waals surface area contributed by atoms with Crippen molar-refractivity contribution < 1.29 is 27.8 Å². The molecule has 0 saturated carbocycles. The van der Waals surface area contributed by atoms with Crippen molar-refractivity contribution in [3.8, 4) is 11.6 Å². The van der Waals surface area contributed by atoms with E-state index in [-0.39, 0.29) is 5.75 Å². The average Bonchev–Trinajstić information content (AvgIpc) is 2.36. The number of carboxylic acid groups (broad SMARTS) is 1. The third-order valence-corrected chi connectivity index (χ3v) is 2.15. The van der Waals surface area contributed by atoms with E-state index in [4.69, 9.17) is 9.84 Å². The summed E-state index contributed by atoms with van der Waals surface area (Å²) >= 11 is 0. The van der Waals surface area contributed by atoms with Crippen LogP contribution in [0.4, 0.5) is 13.2 Å². The Balaban J connectivity index is 2.37. The number of benzene rings is 1. The minimum Gasteiger partial charge on any atom is -0.477 e. The maximum absolute atomic E-state index is 13.0. The van der Waals surface area contributed by atoms with E-state index in [2.05, 4.69) is 4.98 Å². The number of nitrogens with zero attached hydrogens (tertiary/aromatic N) is 1. The van der Waals surface area contributed by atoms with Crippen LogP contribution in [0.25, 0.3) is 0 Å². The monoisotopic (exact) mass is 271 g/mol. The predicted octanol–water partition coefficient (Wildman–Crippen LogP) is 2.99. The first-order valence-electron chi connectivity index (χ1n) is 4.99. The van der Waals surface area contributed by atoms with E-state index in [1.165, 1.54) is 0 Å². The van der Waals surface area contributed by atoms with Crippen LogP contribution in [-0.2, 0) is 0 Å². The lowest BCUT2D eigenvalue weighted by Gasteiger charge is -2.07. The van der Waals surface area contributed by atoms with Gasteiger partial charge in [0.25, 0.3) is 0 Å². The molecular weight excluding hydrogens is 265 g/mol. The van der Waals surface area contributed by atoms with Gasteiger partial charge in [-0.25, -0.2) is 22.9 Å². The van der Waals surface area contributed by atoms with Gasteiger partial charge in [-0.15, -0.1) is 0 Å². The molecule has 0 fully saturated rings. The zero-order valence-electron chi connectivity index (χ0n) is 9.23. The number of carbonyl (C=O) groups is 1. The van der Waals surface area contributed by atoms with Gasteiger partial charge in [-0.05, 0) is 18.2 Å². The smallest absolute Gasteiger partial charge is 0.341 e. The van der Waals surface area contributed by atoms with Gasteiger partial charge in [0.1, 0.15) is 17.1 Å². The van der Waals surface area contributed by atoms with Crippen LogP contribution in [0, 0.1) is 17.5 Å². The molecule has 4 nitrogen and oxygen atoms in total. The largest absolute Gasteiger partial charge is 0.477 e. The summed E-state index contributed by atoms with van der Waals surface area (Å²) < 4.78 is 43.5. The fourth-order valence-electron chi connectivity index (χ4n) is 1.31. The molecule has 0 atom stereocenters. The molecule has 1 aromatic heterocycles. The Bertz CT molecular complexity index is 646. The molecular formula is C12H6F3NO3. The van der Waals surface area contributed by atoms with E-state index in [1.54, 1.807) is 0 Å². The number of ether oxygens (including phenoxy) is 1. The predicted molar refractivity (Wildman–Crippen MR) is 57.6 cm³/mol. The summed E-state index contributed by atoms with van der Waals surface area (Å²) in [6.45, 7) is 0. The number of carboxylic acids is 1. The molecule has 1 aromatic carbocycles. The van der Waals surface area contributed by atoms with Gasteiger partial charge in [0, 0.05) is 6.07 Å². The van der Waals surface area contributed by atoms with Gasteiger partial charge in [0.15, 0.2) is 11.6 Å². The number of rotatable bonds is 3. The van der Waals surface area contributed by atoms with Gasteiger partial charge in [-0.3, -0.25) is 0 Å². The highest BCUT2D eigenvalue weighted by Crippen LogP contribution is 2.25. The van der Waals surface area contributed by atoms with Crippen molar-refractivity contribution in [3.63, 3.8) is 0 Å². The Kier molecular flexibility index (Phi) is 3.37. The summed E-state index contributed by atoms with van der Waals surface area (Å²) in [7, 11) is 0. The van der Waals surface area contributed by atoms with Gasteiger partial charge in [0.2, 0.25) is 5.88 Å². The summed E-state index contributed by atoms with van der Waals surface area (Å²) in [6, 6.07) is 3.35. The molecule has 0 unspecified atom stereocenters. The highest BCUT2D eigenvalue weighted by atomic mass is 19.2. The average molecular weight is 271 g/mol.